The second-order valence-electron chi connectivity index (χ2n) is 6.97. The lowest BCUT2D eigenvalue weighted by Gasteiger charge is -2.30. The standard InChI is InChI=1S/C17H22N2O.C4H6O6/c1-17(20-14-13-19(2)3,15-9-5-4-6-10-15)16-11-7-8-12-18-16;5-1(3(7)8)2(6)4(9)10/h4-12H,13-14H2,1-3H3;1-2,5-6H,(H,7,8)(H,9,10)/t17-;1-,2-/m11/s1. The molecule has 0 spiro atoms. The van der Waals surface area contributed by atoms with Crippen molar-refractivity contribution >= 4 is 11.9 Å². The van der Waals surface area contributed by atoms with Gasteiger partial charge in [-0.05, 0) is 24.6 Å². The Morgan fingerprint density at radius 2 is 1.70 bits per heavy atom. The highest BCUT2D eigenvalue weighted by Gasteiger charge is 2.31. The number of carboxylic acids is 2. The summed E-state index contributed by atoms with van der Waals surface area (Å²) in [4.78, 5) is 25.3. The number of nitrogens with one attached hydrogen (secondary N) is 1. The zero-order valence-electron chi connectivity index (χ0n) is 17.2. The van der Waals surface area contributed by atoms with Gasteiger partial charge in [0.05, 0.1) is 32.4 Å². The maximum atomic E-state index is 9.74. The van der Waals surface area contributed by atoms with Crippen LogP contribution in [0.2, 0.25) is 0 Å². The maximum Gasteiger partial charge on any atom is 0.335 e. The number of pyridine rings is 1. The molecule has 9 nitrogen and oxygen atoms in total. The Balaban J connectivity index is 0.000000382. The third kappa shape index (κ3) is 7.53. The highest BCUT2D eigenvalue weighted by molar-refractivity contribution is 5.82. The first-order valence-electron chi connectivity index (χ1n) is 9.29. The molecule has 0 radical (unpaired) electrons. The monoisotopic (exact) mass is 420 g/mol. The Hall–Kier alpha value is -2.85. The van der Waals surface area contributed by atoms with Crippen molar-refractivity contribution in [2.45, 2.75) is 24.7 Å². The molecule has 1 aromatic heterocycles. The van der Waals surface area contributed by atoms with Crippen molar-refractivity contribution in [2.75, 3.05) is 27.2 Å². The number of aliphatic carboxylic acids is 2. The van der Waals surface area contributed by atoms with E-state index >= 15 is 0 Å². The van der Waals surface area contributed by atoms with Gasteiger partial charge in [-0.3, -0.25) is 4.98 Å². The van der Waals surface area contributed by atoms with Gasteiger partial charge in [0.25, 0.3) is 0 Å². The molecule has 0 aliphatic carbocycles. The number of aliphatic hydroxyl groups excluding tert-OH is 2. The number of rotatable bonds is 9. The summed E-state index contributed by atoms with van der Waals surface area (Å²) < 4.78 is 6.23. The third-order valence-electron chi connectivity index (χ3n) is 4.26. The second-order valence-corrected chi connectivity index (χ2v) is 6.97. The Labute approximate surface area is 175 Å². The molecule has 0 saturated heterocycles. The molecule has 0 bridgehead atoms. The van der Waals surface area contributed by atoms with E-state index in [-0.39, 0.29) is 0 Å². The van der Waals surface area contributed by atoms with Crippen molar-refractivity contribution in [3.63, 3.8) is 0 Å². The van der Waals surface area contributed by atoms with E-state index in [4.69, 9.17) is 20.1 Å². The van der Waals surface area contributed by atoms with Crippen LogP contribution in [0.25, 0.3) is 0 Å². The highest BCUT2D eigenvalue weighted by Crippen LogP contribution is 2.31. The van der Waals surface area contributed by atoms with Crippen molar-refractivity contribution < 1.29 is 39.7 Å². The molecule has 1 aromatic carbocycles. The molecule has 30 heavy (non-hydrogen) atoms. The van der Waals surface area contributed by atoms with Gasteiger partial charge in [0.1, 0.15) is 18.2 Å². The summed E-state index contributed by atoms with van der Waals surface area (Å²) in [6.45, 7) is 3.76. The number of hydrogen-bond donors (Lipinski definition) is 4. The van der Waals surface area contributed by atoms with Crippen LogP contribution in [0.5, 0.6) is 0 Å². The van der Waals surface area contributed by atoms with Gasteiger partial charge < -0.3 is 34.9 Å². The number of carbonyl (C=O) groups excluding carboxylic acids is 1. The molecule has 0 amide bonds. The number of quaternary nitrogens is 1. The summed E-state index contributed by atoms with van der Waals surface area (Å²) in [5, 5.41) is 34.1. The van der Waals surface area contributed by atoms with Crippen LogP contribution in [0.4, 0.5) is 0 Å². The van der Waals surface area contributed by atoms with E-state index in [1.807, 2.05) is 42.6 Å². The summed E-state index contributed by atoms with van der Waals surface area (Å²) in [5.74, 6) is -3.83. The Morgan fingerprint density at radius 3 is 2.13 bits per heavy atom. The van der Waals surface area contributed by atoms with E-state index in [2.05, 4.69) is 38.1 Å². The fourth-order valence-corrected chi connectivity index (χ4v) is 2.43. The Bertz CT molecular complexity index is 727. The largest absolute Gasteiger partial charge is 0.547 e. The zero-order chi connectivity index (χ0) is 22.7. The molecular formula is C21H28N2O7. The lowest BCUT2D eigenvalue weighted by molar-refractivity contribution is -0.859. The van der Waals surface area contributed by atoms with Crippen molar-refractivity contribution in [1.82, 2.24) is 4.98 Å². The Kier molecular flexibility index (Phi) is 10.1. The van der Waals surface area contributed by atoms with Crippen LogP contribution < -0.4 is 10.0 Å². The average Bonchev–Trinajstić information content (AvgIpc) is 2.73. The maximum absolute atomic E-state index is 9.74. The van der Waals surface area contributed by atoms with Gasteiger partial charge >= 0.3 is 5.97 Å². The number of ether oxygens (including phenoxy) is 1. The topological polar surface area (TPSA) is 144 Å². The SMILES string of the molecule is C[NH+](C)CCO[C@](C)(c1ccccc1)c1ccccn1.O=C([O-])[C@H](O)[C@@H](O)C(=O)O. The van der Waals surface area contributed by atoms with Gasteiger partial charge in [-0.25, -0.2) is 4.79 Å². The van der Waals surface area contributed by atoms with E-state index in [1.165, 1.54) is 4.90 Å². The minimum atomic E-state index is -2.38. The molecular weight excluding hydrogens is 392 g/mol. The smallest absolute Gasteiger partial charge is 0.335 e. The quantitative estimate of drug-likeness (QED) is 0.366. The van der Waals surface area contributed by atoms with Gasteiger partial charge in [0, 0.05) is 6.20 Å². The first-order valence-corrected chi connectivity index (χ1v) is 9.29. The molecule has 0 unspecified atom stereocenters. The van der Waals surface area contributed by atoms with E-state index in [9.17, 15) is 14.7 Å². The number of nitrogens with zero attached hydrogens (tertiary/aromatic N) is 1. The van der Waals surface area contributed by atoms with E-state index < -0.39 is 29.7 Å². The average molecular weight is 420 g/mol. The molecule has 0 aliphatic heterocycles. The van der Waals surface area contributed by atoms with Crippen LogP contribution in [-0.4, -0.2) is 71.7 Å². The van der Waals surface area contributed by atoms with Crippen LogP contribution in [0.1, 0.15) is 18.2 Å². The summed E-state index contributed by atoms with van der Waals surface area (Å²) in [6, 6.07) is 16.2. The number of carbonyl (C=O) groups is 2. The molecule has 4 N–H and O–H groups in total. The number of aliphatic hydroxyl groups is 2. The number of likely N-dealkylation sites (N-methyl/N-ethyl adjacent to an activating group) is 1. The highest BCUT2D eigenvalue weighted by atomic mass is 16.5. The van der Waals surface area contributed by atoms with Gasteiger partial charge in [-0.1, -0.05) is 36.4 Å². The summed E-state index contributed by atoms with van der Waals surface area (Å²) in [7, 11) is 4.26. The molecule has 2 aromatic rings. The minimum Gasteiger partial charge on any atom is -0.547 e. The van der Waals surface area contributed by atoms with E-state index in [0.29, 0.717) is 6.61 Å². The van der Waals surface area contributed by atoms with Crippen LogP contribution in [0, 0.1) is 0 Å². The predicted octanol–water partition coefficient (Wildman–Crippen LogP) is -1.95. The van der Waals surface area contributed by atoms with Gasteiger partial charge in [0.15, 0.2) is 6.10 Å². The molecule has 0 fully saturated rings. The molecule has 3 atom stereocenters. The van der Waals surface area contributed by atoms with Gasteiger partial charge in [-0.2, -0.15) is 0 Å². The summed E-state index contributed by atoms with van der Waals surface area (Å²) in [6.07, 6.45) is -2.89. The van der Waals surface area contributed by atoms with Crippen LogP contribution >= 0.6 is 0 Å². The fraction of sp³-hybridized carbons (Fsp3) is 0.381. The molecule has 164 valence electrons. The second kappa shape index (κ2) is 12.0. The van der Waals surface area contributed by atoms with Crippen molar-refractivity contribution in [3.05, 3.63) is 66.0 Å². The molecule has 0 aliphatic rings. The van der Waals surface area contributed by atoms with Crippen molar-refractivity contribution in [1.29, 1.82) is 0 Å². The molecule has 2 rings (SSSR count). The van der Waals surface area contributed by atoms with Crippen LogP contribution in [0.3, 0.4) is 0 Å². The summed E-state index contributed by atoms with van der Waals surface area (Å²) >= 11 is 0. The Morgan fingerprint density at radius 1 is 1.10 bits per heavy atom. The molecule has 1 heterocycles. The fourth-order valence-electron chi connectivity index (χ4n) is 2.43. The summed E-state index contributed by atoms with van der Waals surface area (Å²) in [5.41, 5.74) is 1.57. The first kappa shape index (κ1) is 25.2. The number of aromatic nitrogens is 1. The lowest BCUT2D eigenvalue weighted by Crippen LogP contribution is -3.06. The van der Waals surface area contributed by atoms with Crippen molar-refractivity contribution in [2.24, 2.45) is 0 Å². The molecule has 9 heteroatoms. The predicted molar refractivity (Wildman–Crippen MR) is 105 cm³/mol. The minimum absolute atomic E-state index is 0.502. The van der Waals surface area contributed by atoms with E-state index in [1.54, 1.807) is 0 Å². The number of benzene rings is 1. The van der Waals surface area contributed by atoms with Crippen LogP contribution in [-0.2, 0) is 19.9 Å². The van der Waals surface area contributed by atoms with E-state index in [0.717, 1.165) is 17.8 Å². The zero-order valence-corrected chi connectivity index (χ0v) is 17.2. The normalized spacial score (nSPS) is 14.7. The van der Waals surface area contributed by atoms with Crippen molar-refractivity contribution in [3.8, 4) is 0 Å². The first-order chi connectivity index (χ1) is 14.1. The van der Waals surface area contributed by atoms with Gasteiger partial charge in [-0.15, -0.1) is 0 Å². The third-order valence-corrected chi connectivity index (χ3v) is 4.26. The number of hydrogen-bond acceptors (Lipinski definition) is 7. The van der Waals surface area contributed by atoms with Gasteiger partial charge in [0.2, 0.25) is 0 Å². The molecule has 0 saturated carbocycles. The number of carboxylic acid groups (broad SMARTS) is 2. The lowest BCUT2D eigenvalue weighted by atomic mass is 9.91. The van der Waals surface area contributed by atoms with Crippen LogP contribution in [0.15, 0.2) is 54.7 Å².